The van der Waals surface area contributed by atoms with E-state index >= 15 is 0 Å². The minimum Gasteiger partial charge on any atom is -0.451 e. The smallest absolute Gasteiger partial charge is 0.289 e. The molecule has 2 heterocycles. The highest BCUT2D eigenvalue weighted by atomic mass is 16.3. The number of carbonyl (C=O) groups excluding carboxylic acids is 2. The fourth-order valence-electron chi connectivity index (χ4n) is 4.39. The standard InChI is InChI=1S/C29H29N3O3/c1-20(2)21-7-9-22(10-8-21)28(33)30-24-11-13-25(14-12-24)31-15-17-32(18-16-31)29(34)27-19-23-5-3-4-6-26(23)35-27/h3-14,19-20H,15-18H2,1-2H3,(H,30,33). The Morgan fingerprint density at radius 1 is 0.857 bits per heavy atom. The Bertz CT molecular complexity index is 1300. The number of para-hydroxylation sites is 1. The molecule has 6 nitrogen and oxygen atoms in total. The average molecular weight is 468 g/mol. The summed E-state index contributed by atoms with van der Waals surface area (Å²) >= 11 is 0. The summed E-state index contributed by atoms with van der Waals surface area (Å²) < 4.78 is 5.75. The van der Waals surface area contributed by atoms with Gasteiger partial charge in [0.15, 0.2) is 5.76 Å². The normalized spacial score (nSPS) is 13.9. The van der Waals surface area contributed by atoms with Crippen molar-refractivity contribution in [1.29, 1.82) is 0 Å². The van der Waals surface area contributed by atoms with E-state index in [0.29, 0.717) is 30.3 Å². The van der Waals surface area contributed by atoms with Crippen LogP contribution in [0, 0.1) is 0 Å². The molecule has 0 spiro atoms. The molecule has 1 fully saturated rings. The first-order chi connectivity index (χ1) is 17.0. The van der Waals surface area contributed by atoms with E-state index in [0.717, 1.165) is 35.4 Å². The third kappa shape index (κ3) is 4.92. The molecule has 2 amide bonds. The van der Waals surface area contributed by atoms with Crippen LogP contribution in [-0.4, -0.2) is 42.9 Å². The number of hydrogen-bond donors (Lipinski definition) is 1. The Labute approximate surface area is 205 Å². The lowest BCUT2D eigenvalue weighted by Crippen LogP contribution is -2.48. The number of benzene rings is 3. The topological polar surface area (TPSA) is 65.8 Å². The first kappa shape index (κ1) is 22.7. The van der Waals surface area contributed by atoms with Crippen LogP contribution in [-0.2, 0) is 0 Å². The van der Waals surface area contributed by atoms with Crippen molar-refractivity contribution in [2.24, 2.45) is 0 Å². The Hall–Kier alpha value is -4.06. The van der Waals surface area contributed by atoms with E-state index in [1.807, 2.05) is 83.8 Å². The second kappa shape index (κ2) is 9.66. The van der Waals surface area contributed by atoms with Crippen LogP contribution in [0.2, 0.25) is 0 Å². The first-order valence-corrected chi connectivity index (χ1v) is 12.0. The number of nitrogens with one attached hydrogen (secondary N) is 1. The SMILES string of the molecule is CC(C)c1ccc(C(=O)Nc2ccc(N3CCN(C(=O)c4cc5ccccc5o4)CC3)cc2)cc1. The summed E-state index contributed by atoms with van der Waals surface area (Å²) in [5, 5.41) is 3.91. The molecule has 0 bridgehead atoms. The highest BCUT2D eigenvalue weighted by molar-refractivity contribution is 6.04. The molecule has 1 aromatic heterocycles. The van der Waals surface area contributed by atoms with Gasteiger partial charge < -0.3 is 19.5 Å². The van der Waals surface area contributed by atoms with Gasteiger partial charge in [0.1, 0.15) is 5.58 Å². The fourth-order valence-corrected chi connectivity index (χ4v) is 4.39. The number of fused-ring (bicyclic) bond motifs is 1. The molecule has 0 atom stereocenters. The lowest BCUT2D eigenvalue weighted by Gasteiger charge is -2.35. The van der Waals surface area contributed by atoms with Gasteiger partial charge in [0.25, 0.3) is 11.8 Å². The first-order valence-electron chi connectivity index (χ1n) is 12.0. The van der Waals surface area contributed by atoms with Crippen LogP contribution >= 0.6 is 0 Å². The van der Waals surface area contributed by atoms with Gasteiger partial charge in [-0.1, -0.05) is 44.2 Å². The van der Waals surface area contributed by atoms with E-state index in [1.165, 1.54) is 5.56 Å². The number of amides is 2. The van der Waals surface area contributed by atoms with Crippen LogP contribution in [0.25, 0.3) is 11.0 Å². The number of furan rings is 1. The van der Waals surface area contributed by atoms with Crippen molar-refractivity contribution in [2.45, 2.75) is 19.8 Å². The summed E-state index contributed by atoms with van der Waals surface area (Å²) in [6.07, 6.45) is 0. The Morgan fingerprint density at radius 3 is 2.20 bits per heavy atom. The zero-order chi connectivity index (χ0) is 24.4. The van der Waals surface area contributed by atoms with Crippen molar-refractivity contribution in [1.82, 2.24) is 4.90 Å². The van der Waals surface area contributed by atoms with Gasteiger partial charge in [0.2, 0.25) is 0 Å². The monoisotopic (exact) mass is 467 g/mol. The van der Waals surface area contributed by atoms with Crippen LogP contribution in [0.3, 0.4) is 0 Å². The predicted octanol–water partition coefficient (Wildman–Crippen LogP) is 5.77. The highest BCUT2D eigenvalue weighted by Gasteiger charge is 2.24. The molecule has 178 valence electrons. The van der Waals surface area contributed by atoms with E-state index in [-0.39, 0.29) is 11.8 Å². The van der Waals surface area contributed by atoms with Gasteiger partial charge in [0, 0.05) is 48.5 Å². The van der Waals surface area contributed by atoms with Crippen molar-refractivity contribution in [3.05, 3.63) is 95.7 Å². The zero-order valence-corrected chi connectivity index (χ0v) is 20.0. The van der Waals surface area contributed by atoms with Gasteiger partial charge in [-0.2, -0.15) is 0 Å². The maximum absolute atomic E-state index is 12.9. The van der Waals surface area contributed by atoms with E-state index in [1.54, 1.807) is 0 Å². The molecule has 1 N–H and O–H groups in total. The van der Waals surface area contributed by atoms with Gasteiger partial charge in [-0.25, -0.2) is 0 Å². The minimum atomic E-state index is -0.120. The van der Waals surface area contributed by atoms with Crippen molar-refractivity contribution in [2.75, 3.05) is 36.4 Å². The van der Waals surface area contributed by atoms with E-state index in [9.17, 15) is 9.59 Å². The average Bonchev–Trinajstić information content (AvgIpc) is 3.33. The van der Waals surface area contributed by atoms with Crippen LogP contribution in [0.4, 0.5) is 11.4 Å². The van der Waals surface area contributed by atoms with Crippen molar-refractivity contribution < 1.29 is 14.0 Å². The molecule has 0 aliphatic carbocycles. The third-order valence-electron chi connectivity index (χ3n) is 6.53. The Morgan fingerprint density at radius 2 is 1.54 bits per heavy atom. The van der Waals surface area contributed by atoms with E-state index in [4.69, 9.17) is 4.42 Å². The number of piperazine rings is 1. The van der Waals surface area contributed by atoms with Gasteiger partial charge in [0.05, 0.1) is 0 Å². The maximum Gasteiger partial charge on any atom is 0.289 e. The van der Waals surface area contributed by atoms with Gasteiger partial charge in [-0.05, 0) is 60.0 Å². The second-order valence-electron chi connectivity index (χ2n) is 9.21. The Balaban J connectivity index is 1.16. The number of hydrogen-bond acceptors (Lipinski definition) is 4. The second-order valence-corrected chi connectivity index (χ2v) is 9.21. The Kier molecular flexibility index (Phi) is 6.27. The lowest BCUT2D eigenvalue weighted by molar-refractivity contribution is 0.0717. The van der Waals surface area contributed by atoms with Gasteiger partial charge in [-0.15, -0.1) is 0 Å². The summed E-state index contributed by atoms with van der Waals surface area (Å²) in [6.45, 7) is 6.99. The zero-order valence-electron chi connectivity index (χ0n) is 20.0. The molecule has 1 aliphatic heterocycles. The predicted molar refractivity (Wildman–Crippen MR) is 139 cm³/mol. The molecule has 0 unspecified atom stereocenters. The quantitative estimate of drug-likeness (QED) is 0.405. The van der Waals surface area contributed by atoms with Gasteiger partial charge >= 0.3 is 0 Å². The summed E-state index contributed by atoms with van der Waals surface area (Å²) in [5.41, 5.74) is 4.41. The maximum atomic E-state index is 12.9. The fraction of sp³-hybridized carbons (Fsp3) is 0.241. The van der Waals surface area contributed by atoms with Crippen molar-refractivity contribution >= 4 is 34.2 Å². The van der Waals surface area contributed by atoms with Crippen LogP contribution in [0.1, 0.15) is 46.2 Å². The summed E-state index contributed by atoms with van der Waals surface area (Å²) in [5.74, 6) is 0.634. The molecule has 35 heavy (non-hydrogen) atoms. The lowest BCUT2D eigenvalue weighted by atomic mass is 10.0. The molecular formula is C29H29N3O3. The van der Waals surface area contributed by atoms with Crippen molar-refractivity contribution in [3.63, 3.8) is 0 Å². The molecule has 1 aliphatic rings. The van der Waals surface area contributed by atoms with Crippen molar-refractivity contribution in [3.8, 4) is 0 Å². The largest absolute Gasteiger partial charge is 0.451 e. The summed E-state index contributed by atoms with van der Waals surface area (Å²) in [7, 11) is 0. The number of rotatable bonds is 5. The molecule has 6 heteroatoms. The molecule has 4 aromatic rings. The van der Waals surface area contributed by atoms with Crippen LogP contribution in [0.5, 0.6) is 0 Å². The molecule has 0 radical (unpaired) electrons. The molecule has 5 rings (SSSR count). The molecule has 3 aromatic carbocycles. The summed E-state index contributed by atoms with van der Waals surface area (Å²) in [6, 6.07) is 25.1. The summed E-state index contributed by atoms with van der Waals surface area (Å²) in [4.78, 5) is 29.6. The molecule has 0 saturated carbocycles. The third-order valence-corrected chi connectivity index (χ3v) is 6.53. The molecule has 1 saturated heterocycles. The van der Waals surface area contributed by atoms with Crippen LogP contribution in [0.15, 0.2) is 83.3 Å². The van der Waals surface area contributed by atoms with Gasteiger partial charge in [-0.3, -0.25) is 9.59 Å². The van der Waals surface area contributed by atoms with Crippen LogP contribution < -0.4 is 10.2 Å². The number of nitrogens with zero attached hydrogens (tertiary/aromatic N) is 2. The number of anilines is 2. The highest BCUT2D eigenvalue weighted by Crippen LogP contribution is 2.23. The minimum absolute atomic E-state index is 0.0691. The molecular weight excluding hydrogens is 438 g/mol. The van der Waals surface area contributed by atoms with E-state index in [2.05, 4.69) is 24.1 Å². The number of carbonyl (C=O) groups is 2. The van der Waals surface area contributed by atoms with E-state index < -0.39 is 0 Å².